The maximum atomic E-state index is 4.98. The van der Waals surface area contributed by atoms with Crippen molar-refractivity contribution in [3.63, 3.8) is 0 Å². The highest BCUT2D eigenvalue weighted by molar-refractivity contribution is 4.98. The van der Waals surface area contributed by atoms with Crippen LogP contribution in [0.25, 0.3) is 0 Å². The van der Waals surface area contributed by atoms with Crippen molar-refractivity contribution >= 4 is 0 Å². The van der Waals surface area contributed by atoms with Crippen LogP contribution in [0.3, 0.4) is 0 Å². The number of nitrogens with zero attached hydrogens (tertiary/aromatic N) is 5. The second-order valence-corrected chi connectivity index (χ2v) is 4.20. The van der Waals surface area contributed by atoms with Gasteiger partial charge in [-0.3, -0.25) is 4.90 Å². The minimum Gasteiger partial charge on any atom is -0.340 e. The topological polar surface area (TPSA) is 60.0 Å². The van der Waals surface area contributed by atoms with E-state index in [4.69, 9.17) is 4.52 Å². The number of aryl methyl sites for hydroxylation is 2. The van der Waals surface area contributed by atoms with Crippen LogP contribution in [-0.4, -0.2) is 31.1 Å². The molecule has 2 aromatic rings. The molecular weight excluding hydrogens is 230 g/mol. The van der Waals surface area contributed by atoms with E-state index in [0.717, 1.165) is 25.5 Å². The van der Waals surface area contributed by atoms with Crippen molar-refractivity contribution in [2.24, 2.45) is 0 Å². The van der Waals surface area contributed by atoms with Gasteiger partial charge in [0, 0.05) is 26.2 Å². The number of imidazole rings is 1. The van der Waals surface area contributed by atoms with Gasteiger partial charge in [-0.2, -0.15) is 4.98 Å². The molecule has 0 fully saturated rings. The maximum absolute atomic E-state index is 4.98. The smallest absolute Gasteiger partial charge is 0.223 e. The van der Waals surface area contributed by atoms with E-state index in [1.54, 1.807) is 6.92 Å². The molecule has 0 N–H and O–H groups in total. The molecule has 98 valence electrons. The Balaban J connectivity index is 2.01. The van der Waals surface area contributed by atoms with Crippen LogP contribution in [0.1, 0.15) is 31.3 Å². The normalized spacial score (nSPS) is 11.3. The Bertz CT molecular complexity index is 490. The fourth-order valence-corrected chi connectivity index (χ4v) is 1.88. The summed E-state index contributed by atoms with van der Waals surface area (Å²) in [5.41, 5.74) is 1.21. The third kappa shape index (κ3) is 2.95. The average Bonchev–Trinajstić information content (AvgIpc) is 2.97. The lowest BCUT2D eigenvalue weighted by atomic mass is 10.3. The zero-order chi connectivity index (χ0) is 13.0. The molecular formula is C12H19N5O. The quantitative estimate of drug-likeness (QED) is 0.778. The van der Waals surface area contributed by atoms with E-state index in [9.17, 15) is 0 Å². The van der Waals surface area contributed by atoms with Crippen molar-refractivity contribution in [1.29, 1.82) is 0 Å². The Hall–Kier alpha value is -1.69. The number of aromatic nitrogens is 4. The monoisotopic (exact) mass is 249 g/mol. The maximum Gasteiger partial charge on any atom is 0.223 e. The SMILES string of the molecule is CCN(Cc1noc(C)n1)Cc1cncn1CC. The Kier molecular flexibility index (Phi) is 4.09. The van der Waals surface area contributed by atoms with Crippen LogP contribution in [0.2, 0.25) is 0 Å². The molecule has 0 saturated carbocycles. The van der Waals surface area contributed by atoms with Crippen LogP contribution in [0.15, 0.2) is 17.0 Å². The highest BCUT2D eigenvalue weighted by Gasteiger charge is 2.11. The van der Waals surface area contributed by atoms with Gasteiger partial charge in [0.1, 0.15) is 0 Å². The minimum atomic E-state index is 0.611. The van der Waals surface area contributed by atoms with Gasteiger partial charge >= 0.3 is 0 Å². The first-order valence-corrected chi connectivity index (χ1v) is 6.23. The summed E-state index contributed by atoms with van der Waals surface area (Å²) in [6, 6.07) is 0. The highest BCUT2D eigenvalue weighted by atomic mass is 16.5. The van der Waals surface area contributed by atoms with Gasteiger partial charge in [0.15, 0.2) is 5.82 Å². The van der Waals surface area contributed by atoms with Gasteiger partial charge in [0.25, 0.3) is 0 Å². The van der Waals surface area contributed by atoms with Gasteiger partial charge in [-0.1, -0.05) is 12.1 Å². The first kappa shape index (κ1) is 12.8. The molecule has 0 amide bonds. The minimum absolute atomic E-state index is 0.611. The Morgan fingerprint density at radius 3 is 2.78 bits per heavy atom. The molecule has 6 heteroatoms. The average molecular weight is 249 g/mol. The molecule has 6 nitrogen and oxygen atoms in total. The fraction of sp³-hybridized carbons (Fsp3) is 0.583. The van der Waals surface area contributed by atoms with Crippen molar-refractivity contribution in [3.8, 4) is 0 Å². The second kappa shape index (κ2) is 5.77. The molecule has 0 radical (unpaired) electrons. The number of hydrogen-bond donors (Lipinski definition) is 0. The summed E-state index contributed by atoms with van der Waals surface area (Å²) in [5.74, 6) is 1.34. The van der Waals surface area contributed by atoms with Crippen molar-refractivity contribution in [2.75, 3.05) is 6.54 Å². The van der Waals surface area contributed by atoms with Gasteiger partial charge in [-0.25, -0.2) is 4.98 Å². The molecule has 0 aromatic carbocycles. The molecule has 0 unspecified atom stereocenters. The number of hydrogen-bond acceptors (Lipinski definition) is 5. The molecule has 0 saturated heterocycles. The van der Waals surface area contributed by atoms with Crippen molar-refractivity contribution in [1.82, 2.24) is 24.6 Å². The second-order valence-electron chi connectivity index (χ2n) is 4.20. The van der Waals surface area contributed by atoms with Gasteiger partial charge in [0.05, 0.1) is 18.6 Å². The Labute approximate surface area is 107 Å². The van der Waals surface area contributed by atoms with Crippen molar-refractivity contribution < 1.29 is 4.52 Å². The van der Waals surface area contributed by atoms with Crippen LogP contribution < -0.4 is 0 Å². The molecule has 0 spiro atoms. The molecule has 0 aliphatic rings. The lowest BCUT2D eigenvalue weighted by Gasteiger charge is -2.18. The van der Waals surface area contributed by atoms with Crippen LogP contribution in [0.4, 0.5) is 0 Å². The van der Waals surface area contributed by atoms with E-state index in [1.165, 1.54) is 5.69 Å². The third-order valence-corrected chi connectivity index (χ3v) is 2.91. The third-order valence-electron chi connectivity index (χ3n) is 2.91. The lowest BCUT2D eigenvalue weighted by Crippen LogP contribution is -2.24. The van der Waals surface area contributed by atoms with E-state index in [-0.39, 0.29) is 0 Å². The van der Waals surface area contributed by atoms with Crippen LogP contribution in [-0.2, 0) is 19.6 Å². The number of rotatable bonds is 6. The zero-order valence-corrected chi connectivity index (χ0v) is 11.1. The molecule has 0 aliphatic carbocycles. The predicted molar refractivity (Wildman–Crippen MR) is 66.7 cm³/mol. The molecule has 0 bridgehead atoms. The van der Waals surface area contributed by atoms with E-state index < -0.39 is 0 Å². The first-order valence-electron chi connectivity index (χ1n) is 6.23. The summed E-state index contributed by atoms with van der Waals surface area (Å²) >= 11 is 0. The van der Waals surface area contributed by atoms with E-state index in [2.05, 4.69) is 38.4 Å². The summed E-state index contributed by atoms with van der Waals surface area (Å²) in [6.07, 6.45) is 3.77. The predicted octanol–water partition coefficient (Wildman–Crippen LogP) is 1.62. The summed E-state index contributed by atoms with van der Waals surface area (Å²) in [5, 5.41) is 3.93. The van der Waals surface area contributed by atoms with E-state index in [0.29, 0.717) is 12.4 Å². The summed E-state index contributed by atoms with van der Waals surface area (Å²) in [4.78, 5) is 10.7. The van der Waals surface area contributed by atoms with E-state index in [1.807, 2.05) is 12.5 Å². The first-order chi connectivity index (χ1) is 8.72. The Morgan fingerprint density at radius 2 is 2.17 bits per heavy atom. The summed E-state index contributed by atoms with van der Waals surface area (Å²) < 4.78 is 7.13. The molecule has 2 heterocycles. The van der Waals surface area contributed by atoms with Gasteiger partial charge in [-0.15, -0.1) is 0 Å². The Morgan fingerprint density at radius 1 is 1.33 bits per heavy atom. The molecule has 0 aliphatic heterocycles. The van der Waals surface area contributed by atoms with Gasteiger partial charge in [-0.05, 0) is 13.5 Å². The van der Waals surface area contributed by atoms with Gasteiger partial charge in [0.2, 0.25) is 5.89 Å². The lowest BCUT2D eigenvalue weighted by molar-refractivity contribution is 0.252. The summed E-state index contributed by atoms with van der Waals surface area (Å²) in [6.45, 7) is 9.46. The zero-order valence-electron chi connectivity index (χ0n) is 11.1. The molecule has 18 heavy (non-hydrogen) atoms. The van der Waals surface area contributed by atoms with Crippen molar-refractivity contribution in [2.45, 2.75) is 40.4 Å². The highest BCUT2D eigenvalue weighted by Crippen LogP contribution is 2.08. The fourth-order valence-electron chi connectivity index (χ4n) is 1.88. The van der Waals surface area contributed by atoms with E-state index >= 15 is 0 Å². The molecule has 0 atom stereocenters. The molecule has 2 rings (SSSR count). The largest absolute Gasteiger partial charge is 0.340 e. The van der Waals surface area contributed by atoms with Gasteiger partial charge < -0.3 is 9.09 Å². The van der Waals surface area contributed by atoms with Crippen LogP contribution in [0, 0.1) is 6.92 Å². The van der Waals surface area contributed by atoms with Crippen LogP contribution >= 0.6 is 0 Å². The van der Waals surface area contributed by atoms with Crippen LogP contribution in [0.5, 0.6) is 0 Å². The van der Waals surface area contributed by atoms with Crippen molar-refractivity contribution in [3.05, 3.63) is 29.9 Å². The summed E-state index contributed by atoms with van der Waals surface area (Å²) in [7, 11) is 0. The molecule has 2 aromatic heterocycles. The standard InChI is InChI=1S/C12H19N5O/c1-4-16(8-12-14-10(3)18-15-12)7-11-6-13-9-17(11)5-2/h6,9H,4-5,7-8H2,1-3H3.